The van der Waals surface area contributed by atoms with Crippen LogP contribution in [0, 0.1) is 0 Å². The number of rotatable bonds is 6. The van der Waals surface area contributed by atoms with Gasteiger partial charge in [0.05, 0.1) is 0 Å². The maximum absolute atomic E-state index is 12.9. The summed E-state index contributed by atoms with van der Waals surface area (Å²) in [7, 11) is -1.94. The summed E-state index contributed by atoms with van der Waals surface area (Å²) in [6.45, 7) is 11.6. The molecule has 1 aromatic carbocycles. The first-order valence-electron chi connectivity index (χ1n) is 11.1. The van der Waals surface area contributed by atoms with Gasteiger partial charge in [-0.3, -0.25) is 0 Å². The topological polar surface area (TPSA) is 91.7 Å². The predicted molar refractivity (Wildman–Crippen MR) is 137 cm³/mol. The van der Waals surface area contributed by atoms with Crippen molar-refractivity contribution in [2.45, 2.75) is 60.9 Å². The van der Waals surface area contributed by atoms with Crippen molar-refractivity contribution in [1.82, 2.24) is 9.55 Å². The molecule has 8 nitrogen and oxygen atoms in total. The Morgan fingerprint density at radius 1 is 1.21 bits per heavy atom. The molecule has 1 amide bonds. The number of hydrogen-bond acceptors (Lipinski definition) is 7. The molecule has 1 N–H and O–H groups in total. The molecule has 0 spiro atoms. The van der Waals surface area contributed by atoms with E-state index >= 15 is 0 Å². The number of fused-ring (bicyclic) bond motifs is 1. The number of ether oxygens (including phenoxy) is 2. The summed E-state index contributed by atoms with van der Waals surface area (Å²) in [6.07, 6.45) is 1.05. The molecular weight excluding hydrogens is 537 g/mol. The number of nitrogens with zero attached hydrogens (tertiary/aromatic N) is 2. The Morgan fingerprint density at radius 3 is 2.53 bits per heavy atom. The number of thiocarbonyl (C=S) groups is 1. The first kappa shape index (κ1) is 25.1. The Hall–Kier alpha value is -2.04. The van der Waals surface area contributed by atoms with E-state index in [1.165, 1.54) is 0 Å². The van der Waals surface area contributed by atoms with E-state index in [-0.39, 0.29) is 58.9 Å². The zero-order chi connectivity index (χ0) is 24.7. The zero-order valence-corrected chi connectivity index (χ0v) is 23.3. The number of carbonyl (C=O) groups excluding carboxylic acids is 1. The van der Waals surface area contributed by atoms with Gasteiger partial charge in [0.1, 0.15) is 0 Å². The van der Waals surface area contributed by atoms with E-state index in [1.54, 1.807) is 41.1 Å². The van der Waals surface area contributed by atoms with Crippen LogP contribution >= 0.6 is 12.2 Å². The van der Waals surface area contributed by atoms with Gasteiger partial charge in [-0.1, -0.05) is 0 Å². The Balaban J connectivity index is 1.50. The van der Waals surface area contributed by atoms with Crippen molar-refractivity contribution in [2.75, 3.05) is 11.9 Å². The van der Waals surface area contributed by atoms with Crippen molar-refractivity contribution in [3.63, 3.8) is 0 Å². The van der Waals surface area contributed by atoms with Crippen molar-refractivity contribution in [2.24, 2.45) is 0 Å². The molecule has 2 aromatic rings. The zero-order valence-electron chi connectivity index (χ0n) is 19.8. The summed E-state index contributed by atoms with van der Waals surface area (Å²) in [5.41, 5.74) is 0.0360. The second-order valence-electron chi connectivity index (χ2n) is 9.87. The summed E-state index contributed by atoms with van der Waals surface area (Å²) >= 11 is 5.13. The van der Waals surface area contributed by atoms with E-state index in [0.29, 0.717) is 12.2 Å². The third-order valence-electron chi connectivity index (χ3n) is 6.55. The fourth-order valence-electron chi connectivity index (χ4n) is 3.54. The van der Waals surface area contributed by atoms with Gasteiger partial charge in [0.2, 0.25) is 0 Å². The van der Waals surface area contributed by atoms with Crippen LogP contribution in [0.4, 0.5) is 5.82 Å². The third kappa shape index (κ3) is 5.13. The second-order valence-corrected chi connectivity index (χ2v) is 17.9. The van der Waals surface area contributed by atoms with Crippen LogP contribution in [-0.4, -0.2) is 62.8 Å². The Labute approximate surface area is 211 Å². The summed E-state index contributed by atoms with van der Waals surface area (Å²) in [5.74, 6) is -0.120. The molecule has 4 rings (SSSR count). The number of amides is 1. The molecule has 182 valence electrons. The van der Waals surface area contributed by atoms with Gasteiger partial charge in [0, 0.05) is 0 Å². The Bertz CT molecular complexity index is 1140. The summed E-state index contributed by atoms with van der Waals surface area (Å²) in [5, 5.41) is 2.89. The van der Waals surface area contributed by atoms with Crippen LogP contribution in [0.1, 0.15) is 36.1 Å². The maximum atomic E-state index is 12.9. The SMILES string of the molecule is CC(C)(C)[Si](C)(C)OC[C@H]1[Se][C@@H](n2ccc(NC(=O)c3ccccc3)nc2=O)C2OC(=S)OC21. The van der Waals surface area contributed by atoms with Gasteiger partial charge < -0.3 is 0 Å². The van der Waals surface area contributed by atoms with Crippen molar-refractivity contribution < 1.29 is 18.7 Å². The number of benzene rings is 1. The summed E-state index contributed by atoms with van der Waals surface area (Å²) in [4.78, 5) is 29.3. The van der Waals surface area contributed by atoms with Crippen LogP contribution in [0.5, 0.6) is 0 Å². The first-order chi connectivity index (χ1) is 16.0. The van der Waals surface area contributed by atoms with Gasteiger partial charge in [-0.05, 0) is 0 Å². The molecule has 34 heavy (non-hydrogen) atoms. The third-order valence-corrected chi connectivity index (χ3v) is 14.4. The molecule has 3 heterocycles. The monoisotopic (exact) mass is 567 g/mol. The van der Waals surface area contributed by atoms with Crippen molar-refractivity contribution >= 4 is 52.5 Å². The van der Waals surface area contributed by atoms with Gasteiger partial charge in [-0.25, -0.2) is 0 Å². The minimum atomic E-state index is -1.94. The number of nitrogens with one attached hydrogen (secondary N) is 1. The number of carbonyl (C=O) groups is 1. The van der Waals surface area contributed by atoms with E-state index in [2.05, 4.69) is 44.2 Å². The molecule has 4 atom stereocenters. The van der Waals surface area contributed by atoms with E-state index < -0.39 is 14.0 Å². The Morgan fingerprint density at radius 2 is 1.88 bits per heavy atom. The fraction of sp³-hybridized carbons (Fsp3) is 0.478. The molecular formula is C23H29N3O5SSeSi. The molecule has 0 saturated carbocycles. The van der Waals surface area contributed by atoms with Crippen LogP contribution < -0.4 is 11.0 Å². The van der Waals surface area contributed by atoms with Crippen LogP contribution in [0.3, 0.4) is 0 Å². The summed E-state index contributed by atoms with van der Waals surface area (Å²) in [6, 6.07) is 10.4. The van der Waals surface area contributed by atoms with Crippen molar-refractivity contribution in [1.29, 1.82) is 0 Å². The van der Waals surface area contributed by atoms with E-state index in [4.69, 9.17) is 26.1 Å². The van der Waals surface area contributed by atoms with Gasteiger partial charge >= 0.3 is 212 Å². The summed E-state index contributed by atoms with van der Waals surface area (Å²) < 4.78 is 19.7. The molecule has 2 aliphatic heterocycles. The van der Waals surface area contributed by atoms with Gasteiger partial charge in [0.25, 0.3) is 0 Å². The van der Waals surface area contributed by atoms with Gasteiger partial charge in [-0.15, -0.1) is 0 Å². The van der Waals surface area contributed by atoms with Crippen LogP contribution in [-0.2, 0) is 13.9 Å². The number of aromatic nitrogens is 2. The molecule has 2 aliphatic rings. The molecule has 0 aliphatic carbocycles. The van der Waals surface area contributed by atoms with Gasteiger partial charge in [0.15, 0.2) is 0 Å². The number of anilines is 1. The molecule has 0 radical (unpaired) electrons. The van der Waals surface area contributed by atoms with Gasteiger partial charge in [-0.2, -0.15) is 0 Å². The minimum absolute atomic E-state index is 0.0476. The van der Waals surface area contributed by atoms with Crippen molar-refractivity contribution in [3.05, 3.63) is 58.6 Å². The first-order valence-corrected chi connectivity index (χ1v) is 16.4. The van der Waals surface area contributed by atoms with Crippen molar-refractivity contribution in [3.8, 4) is 0 Å². The van der Waals surface area contributed by atoms with E-state index in [0.717, 1.165) is 0 Å². The fourth-order valence-corrected chi connectivity index (χ4v) is 8.27. The standard InChI is InChI=1S/C23H29N3O5SSeSi/c1-23(2,3)34(4,5)29-13-15-17-18(31-22(32)30-17)20(33-15)26-12-11-16(25-21(26)28)24-19(27)14-9-7-6-8-10-14/h6-12,15,17-18,20H,13H2,1-5H3,(H,24,25,27,28)/t15-,17?,18?,20-/m1/s1. The quantitative estimate of drug-likeness (QED) is 0.422. The second kappa shape index (κ2) is 9.54. The van der Waals surface area contributed by atoms with E-state index in [9.17, 15) is 9.59 Å². The molecule has 0 bridgehead atoms. The van der Waals surface area contributed by atoms with E-state index in [1.807, 2.05) is 6.07 Å². The van der Waals surface area contributed by atoms with Crippen LogP contribution in [0.15, 0.2) is 47.4 Å². The predicted octanol–water partition coefficient (Wildman–Crippen LogP) is 3.59. The average Bonchev–Trinajstić information content (AvgIpc) is 3.30. The molecule has 2 fully saturated rings. The Kier molecular flexibility index (Phi) is 7.03. The number of hydrogen-bond donors (Lipinski definition) is 1. The molecule has 1 aromatic heterocycles. The average molecular weight is 567 g/mol. The normalized spacial score (nSPS) is 24.3. The molecule has 2 saturated heterocycles. The molecule has 2 unspecified atom stereocenters. The van der Waals surface area contributed by atoms with Crippen LogP contribution in [0.25, 0.3) is 0 Å². The molecule has 11 heteroatoms. The van der Waals surface area contributed by atoms with Crippen LogP contribution in [0.2, 0.25) is 22.9 Å².